The van der Waals surface area contributed by atoms with Crippen LogP contribution in [0.3, 0.4) is 0 Å². The van der Waals surface area contributed by atoms with Crippen LogP contribution in [0.25, 0.3) is 0 Å². The third-order valence-electron chi connectivity index (χ3n) is 3.35. The molecule has 1 aromatic rings. The molecule has 3 atom stereocenters. The summed E-state index contributed by atoms with van der Waals surface area (Å²) >= 11 is 0. The fraction of sp³-hybridized carbons (Fsp3) is 0.500. The van der Waals surface area contributed by atoms with Gasteiger partial charge in [-0.1, -0.05) is 24.3 Å². The molecule has 0 amide bonds. The van der Waals surface area contributed by atoms with E-state index in [4.69, 9.17) is 5.11 Å². The van der Waals surface area contributed by atoms with Crippen LogP contribution in [0.15, 0.2) is 24.3 Å². The minimum absolute atomic E-state index is 0.0703. The maximum atomic E-state index is 13.0. The summed E-state index contributed by atoms with van der Waals surface area (Å²) in [5, 5.41) is 12.2. The first-order chi connectivity index (χ1) is 8.56. The number of aliphatic carboxylic acids is 1. The Hall–Kier alpha value is -1.42. The van der Waals surface area contributed by atoms with Crippen molar-refractivity contribution in [2.75, 3.05) is 6.54 Å². The van der Waals surface area contributed by atoms with E-state index < -0.39 is 12.1 Å². The average Bonchev–Trinajstić information content (AvgIpc) is 2.77. The molecule has 4 heteroatoms. The van der Waals surface area contributed by atoms with Gasteiger partial charge in [-0.3, -0.25) is 4.79 Å². The van der Waals surface area contributed by atoms with E-state index in [0.717, 1.165) is 11.1 Å². The van der Waals surface area contributed by atoms with Crippen LogP contribution in [0, 0.1) is 5.92 Å². The number of hydrogen-bond donors (Lipinski definition) is 2. The molecule has 0 aromatic heterocycles. The smallest absolute Gasteiger partial charge is 0.307 e. The maximum absolute atomic E-state index is 13.0. The molecule has 0 radical (unpaired) electrons. The van der Waals surface area contributed by atoms with Gasteiger partial charge in [0.05, 0.1) is 5.92 Å². The number of nitrogens with one attached hydrogen (secondary N) is 1. The SMILES string of the molecule is CC(F)Cc1cccc(C2CC(C(=O)O)CN2)c1. The van der Waals surface area contributed by atoms with Crippen LogP contribution in [0.1, 0.15) is 30.5 Å². The van der Waals surface area contributed by atoms with Gasteiger partial charge < -0.3 is 10.4 Å². The largest absolute Gasteiger partial charge is 0.481 e. The second-order valence-electron chi connectivity index (χ2n) is 4.96. The van der Waals surface area contributed by atoms with Crippen molar-refractivity contribution in [2.45, 2.75) is 32.0 Å². The molecule has 0 bridgehead atoms. The molecule has 1 saturated heterocycles. The van der Waals surface area contributed by atoms with Crippen LogP contribution >= 0.6 is 0 Å². The average molecular weight is 251 g/mol. The number of rotatable bonds is 4. The lowest BCUT2D eigenvalue weighted by atomic mass is 9.97. The van der Waals surface area contributed by atoms with Crippen LogP contribution in [-0.4, -0.2) is 23.8 Å². The normalized spacial score (nSPS) is 25.0. The zero-order chi connectivity index (χ0) is 13.1. The van der Waals surface area contributed by atoms with E-state index in [2.05, 4.69) is 5.32 Å². The first kappa shape index (κ1) is 13.0. The molecule has 0 saturated carbocycles. The summed E-state index contributed by atoms with van der Waals surface area (Å²) in [7, 11) is 0. The lowest BCUT2D eigenvalue weighted by Gasteiger charge is -2.12. The Kier molecular flexibility index (Phi) is 3.97. The van der Waals surface area contributed by atoms with E-state index >= 15 is 0 Å². The van der Waals surface area contributed by atoms with Crippen molar-refractivity contribution < 1.29 is 14.3 Å². The van der Waals surface area contributed by atoms with Crippen molar-refractivity contribution in [1.82, 2.24) is 5.32 Å². The highest BCUT2D eigenvalue weighted by atomic mass is 19.1. The fourth-order valence-corrected chi connectivity index (χ4v) is 2.44. The van der Waals surface area contributed by atoms with Gasteiger partial charge in [0, 0.05) is 19.0 Å². The number of carboxylic acid groups (broad SMARTS) is 1. The van der Waals surface area contributed by atoms with Gasteiger partial charge in [0.1, 0.15) is 6.17 Å². The Balaban J connectivity index is 2.07. The topological polar surface area (TPSA) is 49.3 Å². The van der Waals surface area contributed by atoms with E-state index in [-0.39, 0.29) is 12.0 Å². The van der Waals surface area contributed by atoms with Gasteiger partial charge in [-0.15, -0.1) is 0 Å². The summed E-state index contributed by atoms with van der Waals surface area (Å²) in [6.45, 7) is 2.05. The van der Waals surface area contributed by atoms with Crippen molar-refractivity contribution in [1.29, 1.82) is 0 Å². The molecule has 1 heterocycles. The standard InChI is InChI=1S/C14H18FNO2/c1-9(15)5-10-3-2-4-11(6-10)13-7-12(8-16-13)14(17)18/h2-4,6,9,12-13,16H,5,7-8H2,1H3,(H,17,18). The second kappa shape index (κ2) is 5.48. The molecule has 2 rings (SSSR count). The Morgan fingerprint density at radius 2 is 2.39 bits per heavy atom. The predicted octanol–water partition coefficient (Wildman–Crippen LogP) is 2.32. The Bertz CT molecular complexity index is 434. The highest BCUT2D eigenvalue weighted by Crippen LogP contribution is 2.28. The number of benzene rings is 1. The summed E-state index contributed by atoms with van der Waals surface area (Å²) < 4.78 is 13.0. The van der Waals surface area contributed by atoms with Gasteiger partial charge in [-0.25, -0.2) is 4.39 Å². The highest BCUT2D eigenvalue weighted by molar-refractivity contribution is 5.70. The number of carboxylic acids is 1. The highest BCUT2D eigenvalue weighted by Gasteiger charge is 2.30. The molecule has 0 aliphatic carbocycles. The number of carbonyl (C=O) groups is 1. The number of hydrogen-bond acceptors (Lipinski definition) is 2. The van der Waals surface area contributed by atoms with Crippen LogP contribution < -0.4 is 5.32 Å². The molecule has 1 fully saturated rings. The third kappa shape index (κ3) is 3.07. The van der Waals surface area contributed by atoms with E-state index in [1.165, 1.54) is 0 Å². The van der Waals surface area contributed by atoms with Gasteiger partial charge >= 0.3 is 5.97 Å². The number of alkyl halides is 1. The molecule has 3 nitrogen and oxygen atoms in total. The molecule has 98 valence electrons. The molecular weight excluding hydrogens is 233 g/mol. The van der Waals surface area contributed by atoms with E-state index in [1.807, 2.05) is 24.3 Å². The van der Waals surface area contributed by atoms with E-state index in [9.17, 15) is 9.18 Å². The van der Waals surface area contributed by atoms with Crippen LogP contribution in [0.4, 0.5) is 4.39 Å². The quantitative estimate of drug-likeness (QED) is 0.863. The van der Waals surface area contributed by atoms with Crippen molar-refractivity contribution in [3.8, 4) is 0 Å². The van der Waals surface area contributed by atoms with Crippen molar-refractivity contribution >= 4 is 5.97 Å². The zero-order valence-corrected chi connectivity index (χ0v) is 10.4. The minimum atomic E-state index is -0.858. The van der Waals surface area contributed by atoms with Crippen LogP contribution in [-0.2, 0) is 11.2 Å². The fourth-order valence-electron chi connectivity index (χ4n) is 2.44. The molecule has 3 unspecified atom stereocenters. The molecule has 0 spiro atoms. The molecule has 2 N–H and O–H groups in total. The first-order valence-electron chi connectivity index (χ1n) is 6.25. The summed E-state index contributed by atoms with van der Waals surface area (Å²) in [6, 6.07) is 7.82. The third-order valence-corrected chi connectivity index (χ3v) is 3.35. The summed E-state index contributed by atoms with van der Waals surface area (Å²) in [5.74, 6) is -1.07. The van der Waals surface area contributed by atoms with Gasteiger partial charge in [-0.2, -0.15) is 0 Å². The summed E-state index contributed by atoms with van der Waals surface area (Å²) in [4.78, 5) is 10.9. The molecule has 18 heavy (non-hydrogen) atoms. The maximum Gasteiger partial charge on any atom is 0.307 e. The van der Waals surface area contributed by atoms with Crippen molar-refractivity contribution in [2.24, 2.45) is 5.92 Å². The lowest BCUT2D eigenvalue weighted by molar-refractivity contribution is -0.141. The molecular formula is C14H18FNO2. The lowest BCUT2D eigenvalue weighted by Crippen LogP contribution is -2.17. The van der Waals surface area contributed by atoms with Crippen molar-refractivity contribution in [3.63, 3.8) is 0 Å². The summed E-state index contributed by atoms with van der Waals surface area (Å²) in [5.41, 5.74) is 2.01. The predicted molar refractivity (Wildman–Crippen MR) is 67.2 cm³/mol. The Morgan fingerprint density at radius 1 is 1.61 bits per heavy atom. The minimum Gasteiger partial charge on any atom is -0.481 e. The molecule has 1 aliphatic heterocycles. The number of halogens is 1. The summed E-state index contributed by atoms with van der Waals surface area (Å²) in [6.07, 6.45) is 0.149. The van der Waals surface area contributed by atoms with E-state index in [1.54, 1.807) is 6.92 Å². The van der Waals surface area contributed by atoms with Crippen molar-refractivity contribution in [3.05, 3.63) is 35.4 Å². The Labute approximate surface area is 106 Å². The Morgan fingerprint density at radius 3 is 3.00 bits per heavy atom. The second-order valence-corrected chi connectivity index (χ2v) is 4.96. The van der Waals surface area contributed by atoms with E-state index in [0.29, 0.717) is 19.4 Å². The monoisotopic (exact) mass is 251 g/mol. The zero-order valence-electron chi connectivity index (χ0n) is 10.4. The first-order valence-corrected chi connectivity index (χ1v) is 6.25. The van der Waals surface area contributed by atoms with Gasteiger partial charge in [-0.05, 0) is 24.5 Å². The molecule has 1 aliphatic rings. The van der Waals surface area contributed by atoms with Gasteiger partial charge in [0.2, 0.25) is 0 Å². The molecule has 1 aromatic carbocycles. The van der Waals surface area contributed by atoms with Gasteiger partial charge in [0.15, 0.2) is 0 Å². The van der Waals surface area contributed by atoms with Gasteiger partial charge in [0.25, 0.3) is 0 Å². The van der Waals surface area contributed by atoms with Crippen LogP contribution in [0.2, 0.25) is 0 Å². The van der Waals surface area contributed by atoms with Crippen LogP contribution in [0.5, 0.6) is 0 Å².